The molecule has 0 aliphatic heterocycles. The summed E-state index contributed by atoms with van der Waals surface area (Å²) in [6.07, 6.45) is 1.85. The van der Waals surface area contributed by atoms with Crippen LogP contribution in [0.4, 0.5) is 0 Å². The predicted octanol–water partition coefficient (Wildman–Crippen LogP) is 4.82. The Morgan fingerprint density at radius 3 is 2.50 bits per heavy atom. The molecule has 0 amide bonds. The van der Waals surface area contributed by atoms with Crippen molar-refractivity contribution in [3.8, 4) is 11.4 Å². The predicted molar refractivity (Wildman–Crippen MR) is 80.4 cm³/mol. The zero-order valence-electron chi connectivity index (χ0n) is 9.27. The van der Waals surface area contributed by atoms with Crippen molar-refractivity contribution in [1.29, 1.82) is 0 Å². The Kier molecular flexibility index (Phi) is 3.14. The van der Waals surface area contributed by atoms with Gasteiger partial charge in [-0.3, -0.25) is 0 Å². The Bertz CT molecular complexity index is 712. The first-order valence-corrected chi connectivity index (χ1v) is 7.00. The van der Waals surface area contributed by atoms with E-state index in [-0.39, 0.29) is 0 Å². The first-order valence-electron chi connectivity index (χ1n) is 5.41. The molecule has 1 heterocycles. The molecule has 0 saturated heterocycles. The summed E-state index contributed by atoms with van der Waals surface area (Å²) in [6, 6.07) is 14.0. The van der Waals surface area contributed by atoms with Crippen molar-refractivity contribution in [2.45, 2.75) is 0 Å². The van der Waals surface area contributed by atoms with Gasteiger partial charge in [0.25, 0.3) is 0 Å². The highest BCUT2D eigenvalue weighted by atomic mass is 79.9. The highest BCUT2D eigenvalue weighted by Crippen LogP contribution is 2.28. The minimum Gasteiger partial charge on any atom is -0.236 e. The smallest absolute Gasteiger partial charge is 0.159 e. The van der Waals surface area contributed by atoms with Gasteiger partial charge in [0.15, 0.2) is 5.82 Å². The maximum Gasteiger partial charge on any atom is 0.159 e. The average molecular weight is 364 g/mol. The standard InChI is InChI=1S/C14H8Br2N2/c15-11-6-10-8-17-14(9-4-2-1-3-5-9)18-13(10)12(16)7-11/h1-8H. The monoisotopic (exact) mass is 362 g/mol. The van der Waals surface area contributed by atoms with Crippen molar-refractivity contribution >= 4 is 42.8 Å². The van der Waals surface area contributed by atoms with Crippen LogP contribution in [-0.4, -0.2) is 9.97 Å². The molecule has 0 atom stereocenters. The number of nitrogens with zero attached hydrogens (tertiary/aromatic N) is 2. The Hall–Kier alpha value is -1.26. The van der Waals surface area contributed by atoms with E-state index in [0.717, 1.165) is 31.2 Å². The molecule has 3 rings (SSSR count). The summed E-state index contributed by atoms with van der Waals surface area (Å²) >= 11 is 7.00. The average Bonchev–Trinajstić information content (AvgIpc) is 2.39. The summed E-state index contributed by atoms with van der Waals surface area (Å²) in [7, 11) is 0. The number of benzene rings is 2. The van der Waals surface area contributed by atoms with Crippen molar-refractivity contribution < 1.29 is 0 Å². The molecule has 2 aromatic carbocycles. The Morgan fingerprint density at radius 2 is 1.72 bits per heavy atom. The number of halogens is 2. The van der Waals surface area contributed by atoms with Gasteiger partial charge in [0.1, 0.15) is 0 Å². The first kappa shape index (κ1) is 11.8. The number of aromatic nitrogens is 2. The van der Waals surface area contributed by atoms with Crippen LogP contribution in [0.3, 0.4) is 0 Å². The van der Waals surface area contributed by atoms with Crippen molar-refractivity contribution in [2.75, 3.05) is 0 Å². The summed E-state index contributed by atoms with van der Waals surface area (Å²) in [5.74, 6) is 0.742. The molecule has 18 heavy (non-hydrogen) atoms. The lowest BCUT2D eigenvalue weighted by molar-refractivity contribution is 1.22. The largest absolute Gasteiger partial charge is 0.236 e. The lowest BCUT2D eigenvalue weighted by Gasteiger charge is -2.04. The molecule has 3 aromatic rings. The van der Waals surface area contributed by atoms with Gasteiger partial charge in [-0.25, -0.2) is 9.97 Å². The third-order valence-corrected chi connectivity index (χ3v) is 3.70. The molecule has 0 aliphatic carbocycles. The molecular weight excluding hydrogens is 356 g/mol. The molecule has 0 bridgehead atoms. The SMILES string of the molecule is Brc1cc(Br)c2nc(-c3ccccc3)ncc2c1. The van der Waals surface area contributed by atoms with Gasteiger partial charge in [-0.05, 0) is 28.1 Å². The molecule has 88 valence electrons. The second-order valence-electron chi connectivity index (χ2n) is 3.89. The van der Waals surface area contributed by atoms with Crippen LogP contribution in [0.1, 0.15) is 0 Å². The van der Waals surface area contributed by atoms with Gasteiger partial charge >= 0.3 is 0 Å². The number of rotatable bonds is 1. The zero-order chi connectivity index (χ0) is 12.5. The van der Waals surface area contributed by atoms with Crippen LogP contribution in [0.2, 0.25) is 0 Å². The van der Waals surface area contributed by atoms with E-state index in [1.54, 1.807) is 0 Å². The minimum absolute atomic E-state index is 0.742. The molecule has 0 N–H and O–H groups in total. The molecule has 0 aliphatic rings. The third kappa shape index (κ3) is 2.18. The number of fused-ring (bicyclic) bond motifs is 1. The van der Waals surface area contributed by atoms with E-state index in [0.29, 0.717) is 0 Å². The molecule has 0 spiro atoms. The molecule has 1 aromatic heterocycles. The fraction of sp³-hybridized carbons (Fsp3) is 0. The summed E-state index contributed by atoms with van der Waals surface area (Å²) in [6.45, 7) is 0. The molecule has 0 unspecified atom stereocenters. The van der Waals surface area contributed by atoms with Crippen LogP contribution < -0.4 is 0 Å². The van der Waals surface area contributed by atoms with Gasteiger partial charge in [-0.2, -0.15) is 0 Å². The maximum absolute atomic E-state index is 4.61. The van der Waals surface area contributed by atoms with E-state index < -0.39 is 0 Å². The lowest BCUT2D eigenvalue weighted by Crippen LogP contribution is -1.90. The van der Waals surface area contributed by atoms with Crippen molar-refractivity contribution in [1.82, 2.24) is 9.97 Å². The molecule has 0 radical (unpaired) electrons. The van der Waals surface area contributed by atoms with E-state index in [1.807, 2.05) is 48.7 Å². The summed E-state index contributed by atoms with van der Waals surface area (Å²) < 4.78 is 1.98. The van der Waals surface area contributed by atoms with Crippen LogP contribution in [-0.2, 0) is 0 Å². The maximum atomic E-state index is 4.61. The molecule has 4 heteroatoms. The first-order chi connectivity index (χ1) is 8.74. The number of hydrogen-bond donors (Lipinski definition) is 0. The second kappa shape index (κ2) is 4.78. The van der Waals surface area contributed by atoms with Crippen molar-refractivity contribution in [3.63, 3.8) is 0 Å². The zero-order valence-corrected chi connectivity index (χ0v) is 12.4. The molecule has 0 saturated carbocycles. The van der Waals surface area contributed by atoms with E-state index in [1.165, 1.54) is 0 Å². The fourth-order valence-electron chi connectivity index (χ4n) is 1.79. The van der Waals surface area contributed by atoms with Gasteiger partial charge in [-0.15, -0.1) is 0 Å². The van der Waals surface area contributed by atoms with Crippen molar-refractivity contribution in [2.24, 2.45) is 0 Å². The van der Waals surface area contributed by atoms with E-state index in [2.05, 4.69) is 41.8 Å². The highest BCUT2D eigenvalue weighted by molar-refractivity contribution is 9.11. The van der Waals surface area contributed by atoms with E-state index in [9.17, 15) is 0 Å². The van der Waals surface area contributed by atoms with Gasteiger partial charge in [-0.1, -0.05) is 46.3 Å². The fourth-order valence-corrected chi connectivity index (χ4v) is 3.14. The Morgan fingerprint density at radius 1 is 0.944 bits per heavy atom. The quantitative estimate of drug-likeness (QED) is 0.619. The van der Waals surface area contributed by atoms with Gasteiger partial charge in [0.05, 0.1) is 5.52 Å². The Balaban J connectivity index is 2.23. The molecular formula is C14H8Br2N2. The van der Waals surface area contributed by atoms with E-state index >= 15 is 0 Å². The summed E-state index contributed by atoms with van der Waals surface area (Å²) in [4.78, 5) is 9.01. The molecule has 2 nitrogen and oxygen atoms in total. The van der Waals surface area contributed by atoms with Crippen LogP contribution in [0.5, 0.6) is 0 Å². The van der Waals surface area contributed by atoms with Crippen molar-refractivity contribution in [3.05, 3.63) is 57.6 Å². The van der Waals surface area contributed by atoms with Crippen LogP contribution in [0, 0.1) is 0 Å². The number of hydrogen-bond acceptors (Lipinski definition) is 2. The topological polar surface area (TPSA) is 25.8 Å². The van der Waals surface area contributed by atoms with Gasteiger partial charge in [0.2, 0.25) is 0 Å². The normalized spacial score (nSPS) is 10.8. The van der Waals surface area contributed by atoms with Gasteiger partial charge in [0, 0.05) is 26.1 Å². The second-order valence-corrected chi connectivity index (χ2v) is 5.66. The highest BCUT2D eigenvalue weighted by Gasteiger charge is 2.06. The summed E-state index contributed by atoms with van der Waals surface area (Å²) in [5, 5.41) is 1.01. The minimum atomic E-state index is 0.742. The van der Waals surface area contributed by atoms with Crippen LogP contribution >= 0.6 is 31.9 Å². The molecule has 0 fully saturated rings. The lowest BCUT2D eigenvalue weighted by atomic mass is 10.2. The van der Waals surface area contributed by atoms with Crippen LogP contribution in [0.25, 0.3) is 22.3 Å². The Labute approximate surface area is 121 Å². The van der Waals surface area contributed by atoms with E-state index in [4.69, 9.17) is 0 Å². The van der Waals surface area contributed by atoms with Crippen LogP contribution in [0.15, 0.2) is 57.6 Å². The van der Waals surface area contributed by atoms with Gasteiger partial charge < -0.3 is 0 Å². The summed E-state index contributed by atoms with van der Waals surface area (Å²) in [5.41, 5.74) is 1.95. The third-order valence-electron chi connectivity index (χ3n) is 2.63.